The van der Waals surface area contributed by atoms with Gasteiger partial charge >= 0.3 is 0 Å². The molecule has 0 unspecified atom stereocenters. The second-order valence-electron chi connectivity index (χ2n) is 5.82. The molecule has 0 aliphatic heterocycles. The monoisotopic (exact) mass is 494 g/mol. The molecule has 0 amide bonds. The van der Waals surface area contributed by atoms with Crippen LogP contribution in [0.15, 0.2) is 19.6 Å². The number of aromatic hydroxyl groups is 4. The first-order valence-corrected chi connectivity index (χ1v) is 10.9. The maximum absolute atomic E-state index is 12.9. The fraction of sp³-hybridized carbons (Fsp3) is 0. The van der Waals surface area contributed by atoms with Gasteiger partial charge in [0.2, 0.25) is 0 Å². The van der Waals surface area contributed by atoms with Crippen LogP contribution in [0.25, 0.3) is 0 Å². The van der Waals surface area contributed by atoms with Crippen LogP contribution in [0.4, 0.5) is 0 Å². The molecule has 2 aromatic carbocycles. The first-order valence-electron chi connectivity index (χ1n) is 7.16. The molecule has 0 aromatic heterocycles. The van der Waals surface area contributed by atoms with E-state index in [1.165, 1.54) is 0 Å². The topological polar surface area (TPSA) is 229 Å². The summed E-state index contributed by atoms with van der Waals surface area (Å²) in [6.07, 6.45) is 0. The van der Waals surface area contributed by atoms with Crippen LogP contribution in [0.2, 0.25) is 0 Å². The molecule has 16 heteroatoms. The van der Waals surface area contributed by atoms with Gasteiger partial charge in [-0.3, -0.25) is 9.59 Å². The Morgan fingerprint density at radius 3 is 1.07 bits per heavy atom. The lowest BCUT2D eigenvalue weighted by molar-refractivity contribution is 0.0967. The van der Waals surface area contributed by atoms with Crippen LogP contribution in [0, 0.1) is 0 Å². The molecule has 3 rings (SSSR count). The Morgan fingerprint density at radius 1 is 0.567 bits per heavy atom. The Hall–Kier alpha value is -2.50. The lowest BCUT2D eigenvalue weighted by atomic mass is 9.82. The predicted octanol–water partition coefficient (Wildman–Crippen LogP) is -0.330. The molecule has 0 spiro atoms. The summed E-state index contributed by atoms with van der Waals surface area (Å²) < 4.78 is 68.2. The van der Waals surface area contributed by atoms with Crippen LogP contribution in [-0.4, -0.2) is 57.9 Å². The van der Waals surface area contributed by atoms with Gasteiger partial charge in [0.25, 0.3) is 0 Å². The van der Waals surface area contributed by atoms with E-state index in [-0.39, 0.29) is 0 Å². The van der Waals surface area contributed by atoms with Gasteiger partial charge in [0.05, 0.1) is 32.0 Å². The van der Waals surface area contributed by atoms with Crippen molar-refractivity contribution in [2.45, 2.75) is 19.6 Å². The fourth-order valence-electron chi connectivity index (χ4n) is 2.98. The number of phenolic OH excluding ortho intramolecular Hbond substituents is 4. The van der Waals surface area contributed by atoms with Crippen LogP contribution in [0.1, 0.15) is 31.8 Å². The van der Waals surface area contributed by atoms with Gasteiger partial charge in [-0.15, -0.1) is 25.3 Å². The number of carbonyl (C=O) groups is 2. The smallest absolute Gasteiger partial charge is 0.199 e. The maximum Gasteiger partial charge on any atom is 0.199 e. The van der Waals surface area contributed by atoms with E-state index in [9.17, 15) is 56.0 Å². The van der Waals surface area contributed by atoms with Crippen LogP contribution < -0.4 is 0 Å². The average Bonchev–Trinajstić information content (AvgIpc) is 2.56. The first-order chi connectivity index (χ1) is 13.5. The Bertz CT molecular complexity index is 1310. The number of hydrogen-bond donors (Lipinski definition) is 6. The van der Waals surface area contributed by atoms with E-state index in [4.69, 9.17) is 0 Å². The van der Waals surface area contributed by atoms with Gasteiger partial charge in [-0.05, 0) is 0 Å². The number of rotatable bonds is 2. The average molecular weight is 494 g/mol. The van der Waals surface area contributed by atoms with Gasteiger partial charge in [-0.25, -0.2) is 16.8 Å². The first kappa shape index (κ1) is 22.2. The van der Waals surface area contributed by atoms with Crippen molar-refractivity contribution < 1.29 is 56.0 Å². The molecule has 4 N–H and O–H groups in total. The SMILES string of the molecule is O=C1c2c(O)c(S(=O)(=O)[O-])c(O)c(S)c2C(=O)c2c(O)c(S(=O)(=O)[O-])c(O)c(S)c21. The summed E-state index contributed by atoms with van der Waals surface area (Å²) >= 11 is 7.37. The van der Waals surface area contributed by atoms with Gasteiger partial charge in [-0.1, -0.05) is 0 Å². The van der Waals surface area contributed by atoms with E-state index in [1.54, 1.807) is 0 Å². The van der Waals surface area contributed by atoms with Crippen molar-refractivity contribution in [3.63, 3.8) is 0 Å². The van der Waals surface area contributed by atoms with E-state index in [2.05, 4.69) is 25.3 Å². The Labute approximate surface area is 177 Å². The normalized spacial score (nSPS) is 13.9. The molecule has 0 bridgehead atoms. The van der Waals surface area contributed by atoms with Gasteiger partial charge < -0.3 is 29.5 Å². The highest BCUT2D eigenvalue weighted by atomic mass is 32.2. The zero-order chi connectivity index (χ0) is 23.1. The van der Waals surface area contributed by atoms with Crippen molar-refractivity contribution in [3.8, 4) is 23.0 Å². The highest BCUT2D eigenvalue weighted by Crippen LogP contribution is 2.51. The fourth-order valence-corrected chi connectivity index (χ4v) is 5.14. The second kappa shape index (κ2) is 6.50. The third kappa shape index (κ3) is 2.83. The number of fused-ring (bicyclic) bond motifs is 2. The van der Waals surface area contributed by atoms with E-state index >= 15 is 0 Å². The van der Waals surface area contributed by atoms with E-state index in [0.717, 1.165) is 0 Å². The number of hydrogen-bond acceptors (Lipinski definition) is 14. The quantitative estimate of drug-likeness (QED) is 0.199. The molecule has 12 nitrogen and oxygen atoms in total. The van der Waals surface area contributed by atoms with Crippen molar-refractivity contribution >= 4 is 57.1 Å². The van der Waals surface area contributed by atoms with E-state index in [1.807, 2.05) is 0 Å². The summed E-state index contributed by atoms with van der Waals surface area (Å²) in [6, 6.07) is 0. The molecule has 0 saturated carbocycles. The van der Waals surface area contributed by atoms with Crippen LogP contribution in [-0.2, 0) is 20.2 Å². The van der Waals surface area contributed by atoms with Crippen LogP contribution >= 0.6 is 25.3 Å². The zero-order valence-electron chi connectivity index (χ0n) is 13.8. The summed E-state index contributed by atoms with van der Waals surface area (Å²) in [6.45, 7) is 0. The number of ketones is 2. The molecule has 30 heavy (non-hydrogen) atoms. The van der Waals surface area contributed by atoms with Gasteiger partial charge in [0.1, 0.15) is 41.5 Å². The summed E-state index contributed by atoms with van der Waals surface area (Å²) in [5.41, 5.74) is -4.28. The Balaban J connectivity index is 2.59. The highest BCUT2D eigenvalue weighted by molar-refractivity contribution is 7.86. The van der Waals surface area contributed by atoms with Crippen molar-refractivity contribution in [2.75, 3.05) is 0 Å². The minimum absolute atomic E-state index is 0.971. The Morgan fingerprint density at radius 2 is 0.833 bits per heavy atom. The minimum Gasteiger partial charge on any atom is -0.744 e. The number of carbonyl (C=O) groups excluding carboxylic acids is 2. The van der Waals surface area contributed by atoms with Crippen molar-refractivity contribution in [3.05, 3.63) is 22.3 Å². The zero-order valence-corrected chi connectivity index (χ0v) is 17.2. The predicted molar refractivity (Wildman–Crippen MR) is 96.8 cm³/mol. The summed E-state index contributed by atoms with van der Waals surface area (Å²) in [5.74, 6) is -9.21. The molecular weight excluding hydrogens is 488 g/mol. The molecule has 0 atom stereocenters. The summed E-state index contributed by atoms with van der Waals surface area (Å²) in [4.78, 5) is 20.5. The molecule has 1 aliphatic rings. The molecule has 0 fully saturated rings. The van der Waals surface area contributed by atoms with Gasteiger partial charge in [0.15, 0.2) is 23.1 Å². The largest absolute Gasteiger partial charge is 0.744 e. The number of phenols is 4. The van der Waals surface area contributed by atoms with Crippen LogP contribution in [0.3, 0.4) is 0 Å². The molecule has 0 heterocycles. The Kier molecular flexibility index (Phi) is 4.81. The van der Waals surface area contributed by atoms with E-state index in [0.29, 0.717) is 0 Å². The van der Waals surface area contributed by atoms with Crippen molar-refractivity contribution in [1.29, 1.82) is 0 Å². The van der Waals surface area contributed by atoms with E-state index < -0.39 is 96.6 Å². The molecule has 1 aliphatic carbocycles. The summed E-state index contributed by atoms with van der Waals surface area (Å²) in [7, 11) is -11.2. The third-order valence-corrected chi connectivity index (χ3v) is 6.81. The molecule has 0 saturated heterocycles. The molecule has 0 radical (unpaired) electrons. The van der Waals surface area contributed by atoms with Crippen molar-refractivity contribution in [2.24, 2.45) is 0 Å². The number of thiol groups is 2. The standard InChI is InChI=1S/C14H8O12S4/c15-5-1-3(11(27)9(19)13(7(1)17)29(21,22)23)6(16)2-4(5)12(28)10(20)14(8(2)18)30(24,25)26/h17-20,27-28H,(H,21,22,23)(H,24,25,26)/p-2. The van der Waals surface area contributed by atoms with Crippen molar-refractivity contribution in [1.82, 2.24) is 0 Å². The molecular formula is C14H6O12S4-2. The summed E-state index contributed by atoms with van der Waals surface area (Å²) in [5, 5.41) is 40.2. The molecule has 2 aromatic rings. The minimum atomic E-state index is -5.59. The number of benzene rings is 2. The highest BCUT2D eigenvalue weighted by Gasteiger charge is 2.43. The maximum atomic E-state index is 12.9. The van der Waals surface area contributed by atoms with Crippen LogP contribution in [0.5, 0.6) is 23.0 Å². The molecule has 160 valence electrons. The third-order valence-electron chi connectivity index (χ3n) is 4.16. The lowest BCUT2D eigenvalue weighted by Gasteiger charge is -2.26. The van der Waals surface area contributed by atoms with Gasteiger partial charge in [-0.2, -0.15) is 0 Å². The lowest BCUT2D eigenvalue weighted by Crippen LogP contribution is -2.24. The second-order valence-corrected chi connectivity index (χ2v) is 9.34. The van der Waals surface area contributed by atoms with Gasteiger partial charge in [0, 0.05) is 0 Å².